The van der Waals surface area contributed by atoms with Gasteiger partial charge in [-0.05, 0) is 12.8 Å². The number of aliphatic carboxylic acids is 1. The number of carboxylic acids is 1. The summed E-state index contributed by atoms with van der Waals surface area (Å²) in [7, 11) is 0. The van der Waals surface area contributed by atoms with Crippen LogP contribution in [0.3, 0.4) is 0 Å². The number of hydrogen-bond acceptors (Lipinski definition) is 3. The molecule has 0 aliphatic carbocycles. The second-order valence-electron chi connectivity index (χ2n) is 6.09. The Morgan fingerprint density at radius 3 is 2.62 bits per heavy atom. The van der Waals surface area contributed by atoms with Crippen LogP contribution in [0.4, 0.5) is 0 Å². The smallest absolute Gasteiger partial charge is 0.308 e. The molecular weight excluding hydrogens is 266 g/mol. The second kappa shape index (κ2) is 8.15. The predicted molar refractivity (Wildman–Crippen MR) is 81.2 cm³/mol. The van der Waals surface area contributed by atoms with E-state index in [0.717, 1.165) is 30.9 Å². The highest BCUT2D eigenvalue weighted by molar-refractivity contribution is 5.70. The van der Waals surface area contributed by atoms with Crippen LogP contribution in [0.25, 0.3) is 0 Å². The maximum absolute atomic E-state index is 11.1. The average molecular weight is 293 g/mol. The largest absolute Gasteiger partial charge is 0.481 e. The summed E-state index contributed by atoms with van der Waals surface area (Å²) < 4.78 is 2.04. The lowest BCUT2D eigenvalue weighted by Crippen LogP contribution is -2.27. The topological polar surface area (TPSA) is 68.0 Å². The highest BCUT2D eigenvalue weighted by Crippen LogP contribution is 2.21. The fourth-order valence-electron chi connectivity index (χ4n) is 3.01. The number of rotatable bonds is 9. The van der Waals surface area contributed by atoms with Gasteiger partial charge in [-0.25, -0.2) is 0 Å². The first-order valence-corrected chi connectivity index (χ1v) is 8.36. The van der Waals surface area contributed by atoms with Gasteiger partial charge < -0.3 is 9.67 Å². The Balaban J connectivity index is 1.75. The Bertz CT molecular complexity index is 456. The van der Waals surface area contributed by atoms with Crippen LogP contribution >= 0.6 is 0 Å². The summed E-state index contributed by atoms with van der Waals surface area (Å²) in [4.78, 5) is 11.1. The van der Waals surface area contributed by atoms with Gasteiger partial charge in [-0.15, -0.1) is 10.2 Å². The van der Waals surface area contributed by atoms with Gasteiger partial charge in [0.25, 0.3) is 0 Å². The van der Waals surface area contributed by atoms with E-state index < -0.39 is 5.97 Å². The molecule has 5 nitrogen and oxygen atoms in total. The van der Waals surface area contributed by atoms with Gasteiger partial charge in [0.1, 0.15) is 11.6 Å². The summed E-state index contributed by atoms with van der Waals surface area (Å²) >= 11 is 0. The normalized spacial score (nSPS) is 17.7. The van der Waals surface area contributed by atoms with Gasteiger partial charge in [0.2, 0.25) is 0 Å². The molecule has 0 amide bonds. The van der Waals surface area contributed by atoms with Crippen molar-refractivity contribution in [1.82, 2.24) is 14.8 Å². The molecule has 1 aromatic heterocycles. The Morgan fingerprint density at radius 2 is 1.90 bits per heavy atom. The van der Waals surface area contributed by atoms with Crippen molar-refractivity contribution in [3.63, 3.8) is 0 Å². The van der Waals surface area contributed by atoms with E-state index in [2.05, 4.69) is 17.1 Å². The van der Waals surface area contributed by atoms with E-state index in [1.807, 2.05) is 4.57 Å². The van der Waals surface area contributed by atoms with E-state index in [1.165, 1.54) is 38.5 Å². The van der Waals surface area contributed by atoms with Crippen molar-refractivity contribution in [2.45, 2.75) is 77.7 Å². The molecule has 1 aromatic rings. The first-order valence-electron chi connectivity index (χ1n) is 8.36. The standard InChI is InChI=1S/C16H27N3O2/c1-2-3-4-5-6-7-8-9-14-17-18-15-11-10-13(16(20)21)12-19(14)15/h13H,2-12H2,1H3,(H,20,21). The molecule has 0 spiro atoms. The molecule has 2 rings (SSSR count). The minimum atomic E-state index is -0.698. The molecule has 118 valence electrons. The molecule has 0 fully saturated rings. The number of aromatic nitrogens is 3. The van der Waals surface area contributed by atoms with Crippen molar-refractivity contribution >= 4 is 5.97 Å². The fraction of sp³-hybridized carbons (Fsp3) is 0.812. The Kier molecular flexibility index (Phi) is 6.21. The van der Waals surface area contributed by atoms with Crippen molar-refractivity contribution in [1.29, 1.82) is 0 Å². The van der Waals surface area contributed by atoms with Crippen LogP contribution in [0.15, 0.2) is 0 Å². The Morgan fingerprint density at radius 1 is 1.19 bits per heavy atom. The summed E-state index contributed by atoms with van der Waals surface area (Å²) in [6.07, 6.45) is 11.3. The predicted octanol–water partition coefficient (Wildman–Crippen LogP) is 3.22. The van der Waals surface area contributed by atoms with Gasteiger partial charge in [0.05, 0.1) is 5.92 Å². The summed E-state index contributed by atoms with van der Waals surface area (Å²) in [5, 5.41) is 17.6. The molecule has 21 heavy (non-hydrogen) atoms. The van der Waals surface area contributed by atoms with Gasteiger partial charge >= 0.3 is 5.97 Å². The molecule has 1 unspecified atom stereocenters. The molecule has 0 saturated heterocycles. The van der Waals surface area contributed by atoms with Crippen molar-refractivity contribution in [3.05, 3.63) is 11.6 Å². The number of hydrogen-bond donors (Lipinski definition) is 1. The van der Waals surface area contributed by atoms with Gasteiger partial charge in [0, 0.05) is 19.4 Å². The van der Waals surface area contributed by atoms with Crippen LogP contribution in [0.5, 0.6) is 0 Å². The lowest BCUT2D eigenvalue weighted by molar-refractivity contribution is -0.142. The number of nitrogens with zero attached hydrogens (tertiary/aromatic N) is 3. The number of carboxylic acid groups (broad SMARTS) is 1. The molecule has 0 bridgehead atoms. The fourth-order valence-corrected chi connectivity index (χ4v) is 3.01. The van der Waals surface area contributed by atoms with E-state index >= 15 is 0 Å². The monoisotopic (exact) mass is 293 g/mol. The zero-order valence-electron chi connectivity index (χ0n) is 13.1. The zero-order chi connectivity index (χ0) is 15.1. The average Bonchev–Trinajstić information content (AvgIpc) is 2.88. The second-order valence-corrected chi connectivity index (χ2v) is 6.09. The van der Waals surface area contributed by atoms with E-state index in [-0.39, 0.29) is 5.92 Å². The summed E-state index contributed by atoms with van der Waals surface area (Å²) in [5.41, 5.74) is 0. The zero-order valence-corrected chi connectivity index (χ0v) is 13.1. The molecule has 2 heterocycles. The van der Waals surface area contributed by atoms with Crippen LogP contribution in [-0.4, -0.2) is 25.8 Å². The minimum Gasteiger partial charge on any atom is -0.481 e. The molecule has 5 heteroatoms. The first kappa shape index (κ1) is 16.0. The molecule has 1 atom stereocenters. The Labute approximate surface area is 126 Å². The highest BCUT2D eigenvalue weighted by atomic mass is 16.4. The van der Waals surface area contributed by atoms with Crippen molar-refractivity contribution < 1.29 is 9.90 Å². The molecule has 1 aliphatic heterocycles. The SMILES string of the molecule is CCCCCCCCCc1nnc2n1CC(C(=O)O)CC2. The van der Waals surface area contributed by atoms with Crippen LogP contribution in [0.1, 0.15) is 69.9 Å². The molecular formula is C16H27N3O2. The lowest BCUT2D eigenvalue weighted by atomic mass is 9.99. The highest BCUT2D eigenvalue weighted by Gasteiger charge is 2.26. The van der Waals surface area contributed by atoms with Crippen LogP contribution in [0.2, 0.25) is 0 Å². The van der Waals surface area contributed by atoms with Crippen molar-refractivity contribution in [3.8, 4) is 0 Å². The lowest BCUT2D eigenvalue weighted by Gasteiger charge is -2.21. The number of unbranched alkanes of at least 4 members (excludes halogenated alkanes) is 6. The molecule has 1 N–H and O–H groups in total. The van der Waals surface area contributed by atoms with Crippen LogP contribution in [-0.2, 0) is 24.2 Å². The Hall–Kier alpha value is -1.39. The minimum absolute atomic E-state index is 0.277. The van der Waals surface area contributed by atoms with E-state index in [0.29, 0.717) is 13.0 Å². The van der Waals surface area contributed by atoms with Gasteiger partial charge in [-0.2, -0.15) is 0 Å². The molecule has 0 aromatic carbocycles. The number of fused-ring (bicyclic) bond motifs is 1. The van der Waals surface area contributed by atoms with Crippen LogP contribution in [0, 0.1) is 5.92 Å². The van der Waals surface area contributed by atoms with Gasteiger partial charge in [0.15, 0.2) is 0 Å². The third-order valence-electron chi connectivity index (χ3n) is 4.38. The van der Waals surface area contributed by atoms with Crippen molar-refractivity contribution in [2.24, 2.45) is 5.92 Å². The molecule has 1 aliphatic rings. The third-order valence-corrected chi connectivity index (χ3v) is 4.38. The third kappa shape index (κ3) is 4.55. The van der Waals surface area contributed by atoms with Crippen molar-refractivity contribution in [2.75, 3.05) is 0 Å². The summed E-state index contributed by atoms with van der Waals surface area (Å²) in [5.74, 6) is 0.965. The maximum atomic E-state index is 11.1. The summed E-state index contributed by atoms with van der Waals surface area (Å²) in [6.45, 7) is 2.78. The van der Waals surface area contributed by atoms with E-state index in [9.17, 15) is 4.79 Å². The summed E-state index contributed by atoms with van der Waals surface area (Å²) in [6, 6.07) is 0. The van der Waals surface area contributed by atoms with Gasteiger partial charge in [-0.3, -0.25) is 4.79 Å². The molecule has 0 radical (unpaired) electrons. The quantitative estimate of drug-likeness (QED) is 0.710. The number of carbonyl (C=O) groups is 1. The maximum Gasteiger partial charge on any atom is 0.308 e. The first-order chi connectivity index (χ1) is 10.2. The van der Waals surface area contributed by atoms with E-state index in [1.54, 1.807) is 0 Å². The molecule has 0 saturated carbocycles. The van der Waals surface area contributed by atoms with Crippen LogP contribution < -0.4 is 0 Å². The van der Waals surface area contributed by atoms with Gasteiger partial charge in [-0.1, -0.05) is 45.4 Å². The number of aryl methyl sites for hydroxylation is 2. The van der Waals surface area contributed by atoms with E-state index in [4.69, 9.17) is 5.11 Å².